The summed E-state index contributed by atoms with van der Waals surface area (Å²) in [5, 5.41) is 17.7. The second kappa shape index (κ2) is 12.2. The number of aliphatic hydroxyl groups excluding tert-OH is 1. The third-order valence-corrected chi connectivity index (χ3v) is 5.13. The standard InChI is InChI=1S/C20H33ClN4O2/c1-3-22-20(23-15-19(26)17-7-4-5-8-18(17)21)24-16-9-12-25(13-10-16)11-6-14-27-2/h4-5,7-8,16,19,26H,3,6,9-15H2,1-2H3,(H2,22,23,24). The SMILES string of the molecule is CCNC(=NCC(O)c1ccccc1Cl)NC1CCN(CCCOC)CC1. The maximum absolute atomic E-state index is 10.4. The van der Waals surface area contributed by atoms with Gasteiger partial charge in [-0.15, -0.1) is 0 Å². The first-order chi connectivity index (χ1) is 13.1. The first kappa shape index (κ1) is 22.0. The van der Waals surface area contributed by atoms with Gasteiger partial charge in [-0.3, -0.25) is 4.99 Å². The summed E-state index contributed by atoms with van der Waals surface area (Å²) in [6.45, 7) is 7.19. The van der Waals surface area contributed by atoms with Gasteiger partial charge in [0.15, 0.2) is 5.96 Å². The molecular formula is C20H33ClN4O2. The van der Waals surface area contributed by atoms with Crippen LogP contribution in [0.1, 0.15) is 37.9 Å². The number of hydrogen-bond acceptors (Lipinski definition) is 4. The largest absolute Gasteiger partial charge is 0.386 e. The highest BCUT2D eigenvalue weighted by atomic mass is 35.5. The van der Waals surface area contributed by atoms with E-state index in [-0.39, 0.29) is 6.54 Å². The highest BCUT2D eigenvalue weighted by Gasteiger charge is 2.20. The summed E-state index contributed by atoms with van der Waals surface area (Å²) < 4.78 is 5.13. The Kier molecular flexibility index (Phi) is 9.91. The van der Waals surface area contributed by atoms with E-state index in [9.17, 15) is 5.11 Å². The van der Waals surface area contributed by atoms with Crippen molar-refractivity contribution in [2.24, 2.45) is 4.99 Å². The molecule has 152 valence electrons. The third kappa shape index (κ3) is 7.66. The molecule has 1 unspecified atom stereocenters. The van der Waals surface area contributed by atoms with Gasteiger partial charge in [0.25, 0.3) is 0 Å². The molecule has 0 radical (unpaired) electrons. The lowest BCUT2D eigenvalue weighted by molar-refractivity contribution is 0.155. The molecule has 0 aliphatic carbocycles. The van der Waals surface area contributed by atoms with Crippen LogP contribution in [0.4, 0.5) is 0 Å². The average Bonchev–Trinajstić information content (AvgIpc) is 2.68. The van der Waals surface area contributed by atoms with Crippen LogP contribution in [0.2, 0.25) is 5.02 Å². The van der Waals surface area contributed by atoms with Crippen molar-refractivity contribution in [3.8, 4) is 0 Å². The minimum absolute atomic E-state index is 0.273. The van der Waals surface area contributed by atoms with Crippen molar-refractivity contribution in [2.75, 3.05) is 46.4 Å². The molecular weight excluding hydrogens is 364 g/mol. The number of ether oxygens (including phenoxy) is 1. The summed E-state index contributed by atoms with van der Waals surface area (Å²) in [6, 6.07) is 7.75. The number of benzene rings is 1. The van der Waals surface area contributed by atoms with Gasteiger partial charge in [0.1, 0.15) is 6.10 Å². The van der Waals surface area contributed by atoms with Crippen molar-refractivity contribution in [3.63, 3.8) is 0 Å². The molecule has 0 saturated carbocycles. The maximum Gasteiger partial charge on any atom is 0.191 e. The fourth-order valence-corrected chi connectivity index (χ4v) is 3.53. The zero-order valence-corrected chi connectivity index (χ0v) is 17.2. The molecule has 0 aromatic heterocycles. The number of hydrogen-bond donors (Lipinski definition) is 3. The maximum atomic E-state index is 10.4. The van der Waals surface area contributed by atoms with Gasteiger partial charge >= 0.3 is 0 Å². The Balaban J connectivity index is 1.83. The zero-order valence-electron chi connectivity index (χ0n) is 16.5. The van der Waals surface area contributed by atoms with Gasteiger partial charge in [0.05, 0.1) is 6.54 Å². The van der Waals surface area contributed by atoms with Crippen LogP contribution in [-0.2, 0) is 4.74 Å². The molecule has 1 saturated heterocycles. The molecule has 2 rings (SSSR count). The summed E-state index contributed by atoms with van der Waals surface area (Å²) in [5.41, 5.74) is 0.711. The first-order valence-corrected chi connectivity index (χ1v) is 10.2. The predicted octanol–water partition coefficient (Wildman–Crippen LogP) is 2.43. The van der Waals surface area contributed by atoms with Gasteiger partial charge in [-0.1, -0.05) is 29.8 Å². The van der Waals surface area contributed by atoms with E-state index >= 15 is 0 Å². The molecule has 0 bridgehead atoms. The monoisotopic (exact) mass is 396 g/mol. The molecule has 1 atom stereocenters. The highest BCUT2D eigenvalue weighted by molar-refractivity contribution is 6.31. The zero-order chi connectivity index (χ0) is 19.5. The topological polar surface area (TPSA) is 69.1 Å². The van der Waals surface area contributed by atoms with E-state index in [0.717, 1.165) is 58.0 Å². The number of rotatable bonds is 9. The Bertz CT molecular complexity index is 577. The summed E-state index contributed by atoms with van der Waals surface area (Å²) in [4.78, 5) is 7.05. The van der Waals surface area contributed by atoms with Crippen LogP contribution in [0.3, 0.4) is 0 Å². The van der Waals surface area contributed by atoms with Crippen LogP contribution in [0.5, 0.6) is 0 Å². The van der Waals surface area contributed by atoms with E-state index < -0.39 is 6.10 Å². The van der Waals surface area contributed by atoms with Crippen molar-refractivity contribution in [1.82, 2.24) is 15.5 Å². The molecule has 0 spiro atoms. The molecule has 6 nitrogen and oxygen atoms in total. The molecule has 1 fully saturated rings. The minimum Gasteiger partial charge on any atom is -0.386 e. The second-order valence-corrected chi connectivity index (χ2v) is 7.27. The number of methoxy groups -OCH3 is 1. The molecule has 0 amide bonds. The lowest BCUT2D eigenvalue weighted by atomic mass is 10.1. The summed E-state index contributed by atoms with van der Waals surface area (Å²) in [6.07, 6.45) is 2.55. The Morgan fingerprint density at radius 3 is 2.78 bits per heavy atom. The number of aliphatic hydroxyl groups is 1. The van der Waals surface area contributed by atoms with Crippen molar-refractivity contribution >= 4 is 17.6 Å². The van der Waals surface area contributed by atoms with Crippen molar-refractivity contribution < 1.29 is 9.84 Å². The van der Waals surface area contributed by atoms with Gasteiger partial charge < -0.3 is 25.4 Å². The van der Waals surface area contributed by atoms with E-state index in [1.807, 2.05) is 25.1 Å². The number of piperidine rings is 1. The fourth-order valence-electron chi connectivity index (χ4n) is 3.27. The van der Waals surface area contributed by atoms with Crippen molar-refractivity contribution in [1.29, 1.82) is 0 Å². The van der Waals surface area contributed by atoms with Gasteiger partial charge in [-0.2, -0.15) is 0 Å². The van der Waals surface area contributed by atoms with E-state index in [1.54, 1.807) is 13.2 Å². The molecule has 1 aromatic carbocycles. The number of nitrogens with one attached hydrogen (secondary N) is 2. The van der Waals surface area contributed by atoms with Crippen LogP contribution >= 0.6 is 11.6 Å². The molecule has 1 aliphatic rings. The van der Waals surface area contributed by atoms with Crippen LogP contribution in [0.25, 0.3) is 0 Å². The molecule has 7 heteroatoms. The Hall–Kier alpha value is -1.34. The lowest BCUT2D eigenvalue weighted by Crippen LogP contribution is -2.49. The minimum atomic E-state index is -0.711. The Morgan fingerprint density at radius 2 is 2.11 bits per heavy atom. The highest BCUT2D eigenvalue weighted by Crippen LogP contribution is 2.22. The smallest absolute Gasteiger partial charge is 0.191 e. The number of nitrogens with zero attached hydrogens (tertiary/aromatic N) is 2. The van der Waals surface area contributed by atoms with E-state index in [4.69, 9.17) is 16.3 Å². The fraction of sp³-hybridized carbons (Fsp3) is 0.650. The lowest BCUT2D eigenvalue weighted by Gasteiger charge is -2.33. The summed E-state index contributed by atoms with van der Waals surface area (Å²) >= 11 is 6.16. The third-order valence-electron chi connectivity index (χ3n) is 4.78. The number of likely N-dealkylation sites (tertiary alicyclic amines) is 1. The van der Waals surface area contributed by atoms with Crippen LogP contribution < -0.4 is 10.6 Å². The normalized spacial score (nSPS) is 17.7. The van der Waals surface area contributed by atoms with Crippen molar-refractivity contribution in [3.05, 3.63) is 34.9 Å². The van der Waals surface area contributed by atoms with Crippen molar-refractivity contribution in [2.45, 2.75) is 38.3 Å². The number of halogens is 1. The Labute approximate surface area is 168 Å². The summed E-state index contributed by atoms with van der Waals surface area (Å²) in [5.74, 6) is 0.751. The average molecular weight is 397 g/mol. The number of guanidine groups is 1. The van der Waals surface area contributed by atoms with Gasteiger partial charge in [0.2, 0.25) is 0 Å². The molecule has 1 heterocycles. The summed E-state index contributed by atoms with van der Waals surface area (Å²) in [7, 11) is 1.75. The van der Waals surface area contributed by atoms with Gasteiger partial charge in [-0.25, -0.2) is 0 Å². The van der Waals surface area contributed by atoms with Gasteiger partial charge in [0, 0.05) is 56.5 Å². The quantitative estimate of drug-likeness (QED) is 0.340. The number of aliphatic imine (C=N–C) groups is 1. The first-order valence-electron chi connectivity index (χ1n) is 9.82. The van der Waals surface area contributed by atoms with E-state index in [2.05, 4.69) is 20.5 Å². The molecule has 3 N–H and O–H groups in total. The van der Waals surface area contributed by atoms with E-state index in [0.29, 0.717) is 16.6 Å². The van der Waals surface area contributed by atoms with E-state index in [1.165, 1.54) is 0 Å². The van der Waals surface area contributed by atoms with Crippen LogP contribution in [-0.4, -0.2) is 68.4 Å². The molecule has 1 aromatic rings. The predicted molar refractivity (Wildman–Crippen MR) is 111 cm³/mol. The van der Waals surface area contributed by atoms with Gasteiger partial charge in [-0.05, 0) is 32.3 Å². The van der Waals surface area contributed by atoms with Crippen LogP contribution in [0, 0.1) is 0 Å². The second-order valence-electron chi connectivity index (χ2n) is 6.86. The molecule has 27 heavy (non-hydrogen) atoms. The Morgan fingerprint density at radius 1 is 1.37 bits per heavy atom. The van der Waals surface area contributed by atoms with Crippen LogP contribution in [0.15, 0.2) is 29.3 Å². The molecule has 1 aliphatic heterocycles.